The molecular formula is C23H22N2O6S. The van der Waals surface area contributed by atoms with Gasteiger partial charge in [0.1, 0.15) is 5.75 Å². The van der Waals surface area contributed by atoms with E-state index in [0.717, 1.165) is 5.56 Å². The third kappa shape index (κ3) is 5.64. The molecule has 3 aromatic rings. The zero-order valence-electron chi connectivity index (χ0n) is 17.5. The van der Waals surface area contributed by atoms with Gasteiger partial charge >= 0.3 is 5.97 Å². The third-order valence-corrected chi connectivity index (χ3v) is 5.86. The lowest BCUT2D eigenvalue weighted by molar-refractivity contribution is -0.139. The van der Waals surface area contributed by atoms with E-state index in [1.165, 1.54) is 30.3 Å². The number of amides is 1. The second-order valence-corrected chi connectivity index (χ2v) is 8.77. The zero-order chi connectivity index (χ0) is 23.3. The van der Waals surface area contributed by atoms with Crippen LogP contribution in [-0.2, 0) is 14.8 Å². The third-order valence-electron chi connectivity index (χ3n) is 4.50. The number of hydrogen-bond acceptors (Lipinski definition) is 5. The van der Waals surface area contributed by atoms with Gasteiger partial charge in [-0.15, -0.1) is 0 Å². The molecule has 3 aromatic carbocycles. The van der Waals surface area contributed by atoms with Crippen molar-refractivity contribution >= 4 is 33.3 Å². The molecule has 0 spiro atoms. The first-order valence-corrected chi connectivity index (χ1v) is 11.1. The highest BCUT2D eigenvalue weighted by Crippen LogP contribution is 2.25. The van der Waals surface area contributed by atoms with Crippen molar-refractivity contribution in [3.63, 3.8) is 0 Å². The molecular weight excluding hydrogens is 432 g/mol. The van der Waals surface area contributed by atoms with Crippen molar-refractivity contribution in [1.29, 1.82) is 0 Å². The molecule has 3 N–H and O–H groups in total. The summed E-state index contributed by atoms with van der Waals surface area (Å²) in [6.07, 6.45) is 0. The Morgan fingerprint density at radius 3 is 2.41 bits per heavy atom. The maximum Gasteiger partial charge on any atom is 0.341 e. The highest BCUT2D eigenvalue weighted by Gasteiger charge is 2.20. The van der Waals surface area contributed by atoms with E-state index in [-0.39, 0.29) is 21.9 Å². The van der Waals surface area contributed by atoms with E-state index in [4.69, 9.17) is 9.84 Å². The lowest BCUT2D eigenvalue weighted by Crippen LogP contribution is -2.19. The number of carboxylic acid groups (broad SMARTS) is 1. The number of ether oxygens (including phenoxy) is 1. The van der Waals surface area contributed by atoms with Crippen LogP contribution < -0.4 is 14.8 Å². The van der Waals surface area contributed by atoms with Gasteiger partial charge in [-0.2, -0.15) is 0 Å². The summed E-state index contributed by atoms with van der Waals surface area (Å²) in [5.74, 6) is -1.32. The Balaban J connectivity index is 1.83. The summed E-state index contributed by atoms with van der Waals surface area (Å²) >= 11 is 0. The van der Waals surface area contributed by atoms with E-state index in [2.05, 4.69) is 10.0 Å². The standard InChI is InChI=1S/C23H22N2O6S/c1-15-6-5-7-17(12-15)24-23(28)19-8-3-4-9-20(19)25-32(29,30)18-10-11-21(16(2)13-18)31-14-22(26)27/h3-13,25H,14H2,1-2H3,(H,24,28)(H,26,27). The molecule has 0 aromatic heterocycles. The van der Waals surface area contributed by atoms with Crippen molar-refractivity contribution in [3.05, 3.63) is 83.4 Å². The minimum Gasteiger partial charge on any atom is -0.482 e. The normalized spacial score (nSPS) is 10.9. The van der Waals surface area contributed by atoms with Crippen LogP contribution in [0, 0.1) is 13.8 Å². The smallest absolute Gasteiger partial charge is 0.341 e. The van der Waals surface area contributed by atoms with Crippen molar-refractivity contribution in [1.82, 2.24) is 0 Å². The number of rotatable bonds is 8. The van der Waals surface area contributed by atoms with Crippen LogP contribution in [0.15, 0.2) is 71.6 Å². The van der Waals surface area contributed by atoms with Crippen LogP contribution in [0.2, 0.25) is 0 Å². The molecule has 0 fully saturated rings. The van der Waals surface area contributed by atoms with Gasteiger partial charge in [0.05, 0.1) is 16.1 Å². The molecule has 0 atom stereocenters. The number of benzene rings is 3. The van der Waals surface area contributed by atoms with Gasteiger partial charge in [0.15, 0.2) is 6.61 Å². The molecule has 0 aliphatic carbocycles. The number of aliphatic carboxylic acids is 1. The monoisotopic (exact) mass is 454 g/mol. The average molecular weight is 455 g/mol. The lowest BCUT2D eigenvalue weighted by atomic mass is 10.1. The minimum atomic E-state index is -4.02. The molecule has 0 aliphatic heterocycles. The Labute approximate surface area is 185 Å². The Kier molecular flexibility index (Phi) is 6.79. The summed E-state index contributed by atoms with van der Waals surface area (Å²) in [5, 5.41) is 11.5. The predicted molar refractivity (Wildman–Crippen MR) is 121 cm³/mol. The van der Waals surface area contributed by atoms with Crippen LogP contribution in [-0.4, -0.2) is 32.0 Å². The quantitative estimate of drug-likeness (QED) is 0.476. The number of sulfonamides is 1. The molecule has 32 heavy (non-hydrogen) atoms. The Morgan fingerprint density at radius 2 is 1.72 bits per heavy atom. The fourth-order valence-electron chi connectivity index (χ4n) is 2.99. The van der Waals surface area contributed by atoms with Crippen LogP contribution >= 0.6 is 0 Å². The fourth-order valence-corrected chi connectivity index (χ4v) is 4.15. The summed E-state index contributed by atoms with van der Waals surface area (Å²) in [6, 6.07) is 17.6. The first-order valence-electron chi connectivity index (χ1n) is 9.61. The molecule has 9 heteroatoms. The summed E-state index contributed by atoms with van der Waals surface area (Å²) in [6.45, 7) is 2.98. The van der Waals surface area contributed by atoms with E-state index in [9.17, 15) is 18.0 Å². The van der Waals surface area contributed by atoms with Crippen molar-refractivity contribution in [2.45, 2.75) is 18.7 Å². The highest BCUT2D eigenvalue weighted by molar-refractivity contribution is 7.92. The number of nitrogens with one attached hydrogen (secondary N) is 2. The van der Waals surface area contributed by atoms with Crippen LogP contribution in [0.25, 0.3) is 0 Å². The number of carbonyl (C=O) groups excluding carboxylic acids is 1. The first kappa shape index (κ1) is 22.8. The van der Waals surface area contributed by atoms with Crippen LogP contribution in [0.3, 0.4) is 0 Å². The Hall–Kier alpha value is -3.85. The number of para-hydroxylation sites is 1. The maximum absolute atomic E-state index is 12.9. The van der Waals surface area contributed by atoms with Gasteiger partial charge < -0.3 is 15.2 Å². The van der Waals surface area contributed by atoms with Gasteiger partial charge in [0, 0.05) is 5.69 Å². The molecule has 166 valence electrons. The van der Waals surface area contributed by atoms with Crippen molar-refractivity contribution in [2.75, 3.05) is 16.6 Å². The van der Waals surface area contributed by atoms with Gasteiger partial charge in [0.25, 0.3) is 15.9 Å². The van der Waals surface area contributed by atoms with Gasteiger partial charge in [0.2, 0.25) is 0 Å². The number of anilines is 2. The number of carbonyl (C=O) groups is 2. The van der Waals surface area contributed by atoms with Gasteiger partial charge in [-0.1, -0.05) is 24.3 Å². The first-order chi connectivity index (χ1) is 15.2. The van der Waals surface area contributed by atoms with Gasteiger partial charge in [-0.3, -0.25) is 9.52 Å². The summed E-state index contributed by atoms with van der Waals surface area (Å²) in [5.41, 5.74) is 2.32. The van der Waals surface area contributed by atoms with Crippen LogP contribution in [0.1, 0.15) is 21.5 Å². The molecule has 0 radical (unpaired) electrons. The zero-order valence-corrected chi connectivity index (χ0v) is 18.3. The molecule has 0 saturated heterocycles. The largest absolute Gasteiger partial charge is 0.482 e. The van der Waals surface area contributed by atoms with Crippen molar-refractivity contribution in [2.24, 2.45) is 0 Å². The van der Waals surface area contributed by atoms with Crippen molar-refractivity contribution in [3.8, 4) is 5.75 Å². The fraction of sp³-hybridized carbons (Fsp3) is 0.130. The van der Waals surface area contributed by atoms with E-state index in [1.807, 2.05) is 19.1 Å². The summed E-state index contributed by atoms with van der Waals surface area (Å²) < 4.78 is 33.4. The van der Waals surface area contributed by atoms with Gasteiger partial charge in [-0.25, -0.2) is 13.2 Å². The van der Waals surface area contributed by atoms with Crippen molar-refractivity contribution < 1.29 is 27.9 Å². The minimum absolute atomic E-state index is 0.0495. The lowest BCUT2D eigenvalue weighted by Gasteiger charge is -2.14. The average Bonchev–Trinajstić information content (AvgIpc) is 2.72. The van der Waals surface area contributed by atoms with E-state index in [1.54, 1.807) is 31.2 Å². The second-order valence-electron chi connectivity index (χ2n) is 7.08. The predicted octanol–water partition coefficient (Wildman–Crippen LogP) is 3.82. The van der Waals surface area contributed by atoms with E-state index in [0.29, 0.717) is 11.3 Å². The molecule has 0 bridgehead atoms. The maximum atomic E-state index is 12.9. The highest BCUT2D eigenvalue weighted by atomic mass is 32.2. The summed E-state index contributed by atoms with van der Waals surface area (Å²) in [4.78, 5) is 23.4. The number of carboxylic acids is 1. The SMILES string of the molecule is Cc1cccc(NC(=O)c2ccccc2NS(=O)(=O)c2ccc(OCC(=O)O)c(C)c2)c1. The summed E-state index contributed by atoms with van der Waals surface area (Å²) in [7, 11) is -4.02. The molecule has 3 rings (SSSR count). The molecule has 8 nitrogen and oxygen atoms in total. The molecule has 0 saturated carbocycles. The number of aryl methyl sites for hydroxylation is 2. The topological polar surface area (TPSA) is 122 Å². The molecule has 0 aliphatic rings. The van der Waals surface area contributed by atoms with E-state index >= 15 is 0 Å². The Morgan fingerprint density at radius 1 is 0.969 bits per heavy atom. The molecule has 0 heterocycles. The van der Waals surface area contributed by atoms with Gasteiger partial charge in [-0.05, 0) is 67.4 Å². The second kappa shape index (κ2) is 9.52. The molecule has 1 amide bonds. The molecule has 0 unspecified atom stereocenters. The Bertz CT molecular complexity index is 1270. The van der Waals surface area contributed by atoms with Crippen LogP contribution in [0.5, 0.6) is 5.75 Å². The number of hydrogen-bond donors (Lipinski definition) is 3. The van der Waals surface area contributed by atoms with Crippen LogP contribution in [0.4, 0.5) is 11.4 Å². The van der Waals surface area contributed by atoms with E-state index < -0.39 is 28.5 Å².